The van der Waals surface area contributed by atoms with Gasteiger partial charge in [-0.3, -0.25) is 4.79 Å². The molecule has 0 aliphatic carbocycles. The minimum atomic E-state index is -1.05. The second kappa shape index (κ2) is 6.62. The third kappa shape index (κ3) is 2.76. The molecule has 0 radical (unpaired) electrons. The number of hydrogen-bond acceptors (Lipinski definition) is 5. The fourth-order valence-corrected chi connectivity index (χ4v) is 3.12. The molecule has 1 N–H and O–H groups in total. The molecule has 2 unspecified atom stereocenters. The predicted octanol–water partition coefficient (Wildman–Crippen LogP) is 1.89. The van der Waals surface area contributed by atoms with E-state index < -0.39 is 17.9 Å². The number of fused-ring (bicyclic) bond motifs is 1. The van der Waals surface area contributed by atoms with Gasteiger partial charge in [-0.2, -0.15) is 0 Å². The van der Waals surface area contributed by atoms with Crippen molar-refractivity contribution in [3.63, 3.8) is 0 Å². The number of carboxylic acids is 1. The number of amides is 1. The SMILES string of the molecule is COCc1c(C(=O)N2CC(OC)CC2C(=O)O)oc2ccccc12. The molecular formula is C17H19NO6. The summed E-state index contributed by atoms with van der Waals surface area (Å²) in [5, 5.41) is 10.2. The average molecular weight is 333 g/mol. The maximum absolute atomic E-state index is 12.9. The molecule has 24 heavy (non-hydrogen) atoms. The van der Waals surface area contributed by atoms with E-state index in [2.05, 4.69) is 0 Å². The first-order chi connectivity index (χ1) is 11.6. The Labute approximate surface area is 138 Å². The highest BCUT2D eigenvalue weighted by Crippen LogP contribution is 2.30. The van der Waals surface area contributed by atoms with Crippen LogP contribution in [0, 0.1) is 0 Å². The first kappa shape index (κ1) is 16.5. The van der Waals surface area contributed by atoms with Gasteiger partial charge in [0.1, 0.15) is 11.6 Å². The molecule has 1 aliphatic rings. The van der Waals surface area contributed by atoms with Gasteiger partial charge in [-0.25, -0.2) is 4.79 Å². The lowest BCUT2D eigenvalue weighted by atomic mass is 10.1. The van der Waals surface area contributed by atoms with Gasteiger partial charge in [-0.05, 0) is 6.07 Å². The Balaban J connectivity index is 2.01. The Morgan fingerprint density at radius 3 is 2.75 bits per heavy atom. The summed E-state index contributed by atoms with van der Waals surface area (Å²) in [6.07, 6.45) is -0.0393. The summed E-state index contributed by atoms with van der Waals surface area (Å²) < 4.78 is 16.1. The summed E-state index contributed by atoms with van der Waals surface area (Å²) in [5.74, 6) is -1.38. The molecule has 7 nitrogen and oxygen atoms in total. The van der Waals surface area contributed by atoms with Crippen LogP contribution in [-0.2, 0) is 20.9 Å². The molecule has 2 aromatic rings. The fourth-order valence-electron chi connectivity index (χ4n) is 3.12. The third-order valence-electron chi connectivity index (χ3n) is 4.32. The number of para-hydroxylation sites is 1. The standard InChI is InChI=1S/C17H19NO6/c1-22-9-12-11-5-3-4-6-14(11)24-15(12)16(19)18-8-10(23-2)7-13(18)17(20)21/h3-6,10,13H,7-9H2,1-2H3,(H,20,21). The second-order valence-corrected chi connectivity index (χ2v) is 5.74. The van der Waals surface area contributed by atoms with Crippen LogP contribution in [0.1, 0.15) is 22.5 Å². The third-order valence-corrected chi connectivity index (χ3v) is 4.32. The molecule has 2 atom stereocenters. The molecule has 0 saturated carbocycles. The van der Waals surface area contributed by atoms with E-state index in [9.17, 15) is 14.7 Å². The van der Waals surface area contributed by atoms with Gasteiger partial charge in [0.15, 0.2) is 5.76 Å². The summed E-state index contributed by atoms with van der Waals surface area (Å²) in [5.41, 5.74) is 1.20. The maximum atomic E-state index is 12.9. The molecular weight excluding hydrogens is 314 g/mol. The topological polar surface area (TPSA) is 89.2 Å². The first-order valence-corrected chi connectivity index (χ1v) is 7.62. The molecule has 1 aromatic carbocycles. The number of methoxy groups -OCH3 is 2. The monoisotopic (exact) mass is 333 g/mol. The Hall–Kier alpha value is -2.38. The highest BCUT2D eigenvalue weighted by molar-refractivity contribution is 6.00. The number of hydrogen-bond donors (Lipinski definition) is 1. The predicted molar refractivity (Wildman–Crippen MR) is 84.8 cm³/mol. The molecule has 1 aliphatic heterocycles. The van der Waals surface area contributed by atoms with Crippen molar-refractivity contribution in [2.45, 2.75) is 25.2 Å². The van der Waals surface area contributed by atoms with Gasteiger partial charge >= 0.3 is 5.97 Å². The van der Waals surface area contributed by atoms with Crippen LogP contribution < -0.4 is 0 Å². The van der Waals surface area contributed by atoms with E-state index in [1.54, 1.807) is 6.07 Å². The van der Waals surface area contributed by atoms with Crippen LogP contribution in [-0.4, -0.2) is 54.8 Å². The molecule has 1 saturated heterocycles. The lowest BCUT2D eigenvalue weighted by Crippen LogP contribution is -2.40. The number of carbonyl (C=O) groups excluding carboxylic acids is 1. The van der Waals surface area contributed by atoms with Crippen molar-refractivity contribution >= 4 is 22.8 Å². The number of benzene rings is 1. The Kier molecular flexibility index (Phi) is 4.55. The van der Waals surface area contributed by atoms with Crippen molar-refractivity contribution in [3.8, 4) is 0 Å². The van der Waals surface area contributed by atoms with E-state index >= 15 is 0 Å². The number of carboxylic acid groups (broad SMARTS) is 1. The normalized spacial score (nSPS) is 20.7. The zero-order valence-corrected chi connectivity index (χ0v) is 13.5. The van der Waals surface area contributed by atoms with E-state index in [4.69, 9.17) is 13.9 Å². The summed E-state index contributed by atoms with van der Waals surface area (Å²) in [6, 6.07) is 6.35. The Morgan fingerprint density at radius 1 is 1.33 bits per heavy atom. The highest BCUT2D eigenvalue weighted by atomic mass is 16.5. The van der Waals surface area contributed by atoms with Crippen molar-refractivity contribution in [2.75, 3.05) is 20.8 Å². The number of carbonyl (C=O) groups is 2. The molecule has 2 heterocycles. The molecule has 0 bridgehead atoms. The number of likely N-dealkylation sites (tertiary alicyclic amines) is 1. The van der Waals surface area contributed by atoms with Gasteiger partial charge in [0, 0.05) is 38.1 Å². The lowest BCUT2D eigenvalue weighted by Gasteiger charge is -2.20. The van der Waals surface area contributed by atoms with Gasteiger partial charge < -0.3 is 23.9 Å². The van der Waals surface area contributed by atoms with Gasteiger partial charge in [0.2, 0.25) is 0 Å². The molecule has 1 aromatic heterocycles. The van der Waals surface area contributed by atoms with Crippen LogP contribution in [0.25, 0.3) is 11.0 Å². The summed E-state index contributed by atoms with van der Waals surface area (Å²) in [7, 11) is 3.04. The molecule has 0 spiro atoms. The smallest absolute Gasteiger partial charge is 0.326 e. The average Bonchev–Trinajstić information content (AvgIpc) is 3.17. The summed E-state index contributed by atoms with van der Waals surface area (Å²) in [4.78, 5) is 25.7. The molecule has 128 valence electrons. The van der Waals surface area contributed by atoms with Crippen LogP contribution in [0.15, 0.2) is 28.7 Å². The Bertz CT molecular complexity index is 768. The molecule has 3 rings (SSSR count). The van der Waals surface area contributed by atoms with Crippen LogP contribution in [0.4, 0.5) is 0 Å². The lowest BCUT2D eigenvalue weighted by molar-refractivity contribution is -0.141. The maximum Gasteiger partial charge on any atom is 0.326 e. The van der Waals surface area contributed by atoms with Crippen molar-refractivity contribution in [2.24, 2.45) is 0 Å². The minimum absolute atomic E-state index is 0.126. The van der Waals surface area contributed by atoms with E-state index in [0.29, 0.717) is 11.1 Å². The van der Waals surface area contributed by atoms with Crippen molar-refractivity contribution in [3.05, 3.63) is 35.6 Å². The molecule has 1 fully saturated rings. The van der Waals surface area contributed by atoms with E-state index in [0.717, 1.165) is 5.39 Å². The zero-order valence-electron chi connectivity index (χ0n) is 13.5. The highest BCUT2D eigenvalue weighted by Gasteiger charge is 2.41. The van der Waals surface area contributed by atoms with E-state index in [1.807, 2.05) is 18.2 Å². The zero-order chi connectivity index (χ0) is 17.3. The van der Waals surface area contributed by atoms with E-state index in [1.165, 1.54) is 19.1 Å². The van der Waals surface area contributed by atoms with Crippen LogP contribution in [0.2, 0.25) is 0 Å². The second-order valence-electron chi connectivity index (χ2n) is 5.74. The summed E-state index contributed by atoms with van der Waals surface area (Å²) >= 11 is 0. The van der Waals surface area contributed by atoms with Crippen LogP contribution in [0.3, 0.4) is 0 Å². The number of aliphatic carboxylic acids is 1. The molecule has 1 amide bonds. The number of ether oxygens (including phenoxy) is 2. The molecule has 7 heteroatoms. The van der Waals surface area contributed by atoms with Crippen molar-refractivity contribution in [1.29, 1.82) is 0 Å². The number of rotatable bonds is 5. The van der Waals surface area contributed by atoms with Crippen molar-refractivity contribution < 1.29 is 28.6 Å². The number of nitrogens with zero attached hydrogens (tertiary/aromatic N) is 1. The van der Waals surface area contributed by atoms with Gasteiger partial charge in [-0.1, -0.05) is 18.2 Å². The van der Waals surface area contributed by atoms with Crippen LogP contribution >= 0.6 is 0 Å². The largest absolute Gasteiger partial charge is 0.480 e. The van der Waals surface area contributed by atoms with Crippen LogP contribution in [0.5, 0.6) is 0 Å². The van der Waals surface area contributed by atoms with Gasteiger partial charge in [0.05, 0.1) is 12.7 Å². The number of furan rings is 1. The Morgan fingerprint density at radius 2 is 2.08 bits per heavy atom. The van der Waals surface area contributed by atoms with E-state index in [-0.39, 0.29) is 31.4 Å². The quantitative estimate of drug-likeness (QED) is 0.899. The van der Waals surface area contributed by atoms with Crippen molar-refractivity contribution in [1.82, 2.24) is 4.90 Å². The van der Waals surface area contributed by atoms with Gasteiger partial charge in [0.25, 0.3) is 5.91 Å². The minimum Gasteiger partial charge on any atom is -0.480 e. The van der Waals surface area contributed by atoms with Gasteiger partial charge in [-0.15, -0.1) is 0 Å². The summed E-state index contributed by atoms with van der Waals surface area (Å²) in [6.45, 7) is 0.424. The fraction of sp³-hybridized carbons (Fsp3) is 0.412. The first-order valence-electron chi connectivity index (χ1n) is 7.62.